The van der Waals surface area contributed by atoms with Gasteiger partial charge in [0.1, 0.15) is 11.9 Å². The van der Waals surface area contributed by atoms with Gasteiger partial charge in [-0.05, 0) is 43.5 Å². The zero-order valence-electron chi connectivity index (χ0n) is 18.9. The summed E-state index contributed by atoms with van der Waals surface area (Å²) >= 11 is 0. The van der Waals surface area contributed by atoms with Gasteiger partial charge < -0.3 is 24.8 Å². The standard InChI is InChI=1S/C25H35N3O3/c1-4-26-25(27-15-20-7-9-21(10-8-20)17-29-5-2)28-16-22-11-6-19(3)14-24(22)31-23-12-13-30-18-23/h6-11,14,23H,4-5,12-13,15-18H2,1-3H3,(H2,26,27,28). The minimum atomic E-state index is 0.133. The van der Waals surface area contributed by atoms with E-state index in [-0.39, 0.29) is 6.10 Å². The van der Waals surface area contributed by atoms with Crippen molar-refractivity contribution in [3.05, 3.63) is 64.7 Å². The molecule has 0 radical (unpaired) electrons. The molecule has 0 saturated carbocycles. The second-order valence-corrected chi connectivity index (χ2v) is 7.72. The molecule has 1 unspecified atom stereocenters. The molecule has 168 valence electrons. The number of aryl methyl sites for hydroxylation is 1. The number of guanidine groups is 1. The summed E-state index contributed by atoms with van der Waals surface area (Å²) in [4.78, 5) is 4.74. The van der Waals surface area contributed by atoms with E-state index in [0.29, 0.717) is 26.3 Å². The van der Waals surface area contributed by atoms with Crippen molar-refractivity contribution in [2.45, 2.75) is 53.0 Å². The van der Waals surface area contributed by atoms with E-state index in [0.717, 1.165) is 49.0 Å². The summed E-state index contributed by atoms with van der Waals surface area (Å²) in [6.45, 7) is 11.0. The van der Waals surface area contributed by atoms with Crippen molar-refractivity contribution in [1.29, 1.82) is 0 Å². The summed E-state index contributed by atoms with van der Waals surface area (Å²) in [7, 11) is 0. The van der Waals surface area contributed by atoms with Crippen molar-refractivity contribution in [1.82, 2.24) is 10.6 Å². The van der Waals surface area contributed by atoms with Crippen LogP contribution in [0.1, 0.15) is 42.5 Å². The monoisotopic (exact) mass is 425 g/mol. The molecule has 2 N–H and O–H groups in total. The molecule has 0 aliphatic carbocycles. The van der Waals surface area contributed by atoms with Crippen molar-refractivity contribution in [3.8, 4) is 5.75 Å². The maximum Gasteiger partial charge on any atom is 0.191 e. The lowest BCUT2D eigenvalue weighted by Crippen LogP contribution is -2.37. The fourth-order valence-corrected chi connectivity index (χ4v) is 3.35. The van der Waals surface area contributed by atoms with Crippen LogP contribution in [0, 0.1) is 6.92 Å². The molecule has 0 aromatic heterocycles. The number of hydrogen-bond donors (Lipinski definition) is 2. The molecule has 31 heavy (non-hydrogen) atoms. The predicted molar refractivity (Wildman–Crippen MR) is 124 cm³/mol. The van der Waals surface area contributed by atoms with Gasteiger partial charge in [-0.25, -0.2) is 4.99 Å². The Balaban J connectivity index is 1.61. The lowest BCUT2D eigenvalue weighted by atomic mass is 10.1. The van der Waals surface area contributed by atoms with Gasteiger partial charge in [-0.2, -0.15) is 0 Å². The van der Waals surface area contributed by atoms with Crippen LogP contribution in [0.15, 0.2) is 47.5 Å². The minimum Gasteiger partial charge on any atom is -0.488 e. The van der Waals surface area contributed by atoms with Crippen LogP contribution in [0.5, 0.6) is 5.75 Å². The van der Waals surface area contributed by atoms with Gasteiger partial charge in [0, 0.05) is 31.7 Å². The van der Waals surface area contributed by atoms with Crippen LogP contribution in [0.4, 0.5) is 0 Å². The van der Waals surface area contributed by atoms with Gasteiger partial charge >= 0.3 is 0 Å². The number of rotatable bonds is 10. The van der Waals surface area contributed by atoms with Crippen LogP contribution in [0.2, 0.25) is 0 Å². The third-order valence-corrected chi connectivity index (χ3v) is 5.11. The molecule has 0 spiro atoms. The van der Waals surface area contributed by atoms with Crippen LogP contribution >= 0.6 is 0 Å². The van der Waals surface area contributed by atoms with Crippen molar-refractivity contribution in [3.63, 3.8) is 0 Å². The molecular weight excluding hydrogens is 390 g/mol. The fraction of sp³-hybridized carbons (Fsp3) is 0.480. The lowest BCUT2D eigenvalue weighted by Gasteiger charge is -2.18. The minimum absolute atomic E-state index is 0.133. The van der Waals surface area contributed by atoms with E-state index in [1.807, 2.05) is 6.92 Å². The maximum absolute atomic E-state index is 6.21. The van der Waals surface area contributed by atoms with E-state index in [9.17, 15) is 0 Å². The summed E-state index contributed by atoms with van der Waals surface area (Å²) in [5, 5.41) is 6.76. The predicted octanol–water partition coefficient (Wildman–Crippen LogP) is 3.95. The molecule has 3 rings (SSSR count). The highest BCUT2D eigenvalue weighted by Crippen LogP contribution is 2.23. The third kappa shape index (κ3) is 7.56. The molecule has 1 fully saturated rings. The van der Waals surface area contributed by atoms with Crippen LogP contribution in [0.25, 0.3) is 0 Å². The fourth-order valence-electron chi connectivity index (χ4n) is 3.35. The van der Waals surface area contributed by atoms with Gasteiger partial charge in [-0.3, -0.25) is 0 Å². The highest BCUT2D eigenvalue weighted by Gasteiger charge is 2.18. The van der Waals surface area contributed by atoms with Gasteiger partial charge in [0.25, 0.3) is 0 Å². The van der Waals surface area contributed by atoms with E-state index in [1.54, 1.807) is 0 Å². The van der Waals surface area contributed by atoms with Gasteiger partial charge in [0.2, 0.25) is 0 Å². The Bertz CT molecular complexity index is 830. The first-order valence-electron chi connectivity index (χ1n) is 11.2. The van der Waals surface area contributed by atoms with E-state index < -0.39 is 0 Å². The molecule has 6 nitrogen and oxygen atoms in total. The molecule has 0 amide bonds. The summed E-state index contributed by atoms with van der Waals surface area (Å²) in [5.41, 5.74) is 4.65. The van der Waals surface area contributed by atoms with Crippen LogP contribution in [-0.4, -0.2) is 38.4 Å². The zero-order valence-corrected chi connectivity index (χ0v) is 18.9. The lowest BCUT2D eigenvalue weighted by molar-refractivity contribution is 0.134. The summed E-state index contributed by atoms with van der Waals surface area (Å²) in [5.74, 6) is 1.71. The Labute approximate surface area is 186 Å². The number of benzene rings is 2. The molecule has 1 atom stereocenters. The van der Waals surface area contributed by atoms with Crippen LogP contribution in [-0.2, 0) is 29.2 Å². The SMILES string of the molecule is CCNC(=NCc1ccc(COCC)cc1)NCc1ccc(C)cc1OC1CCOC1. The quantitative estimate of drug-likeness (QED) is 0.446. The Morgan fingerprint density at radius 2 is 1.90 bits per heavy atom. The Morgan fingerprint density at radius 3 is 2.61 bits per heavy atom. The zero-order chi connectivity index (χ0) is 21.9. The van der Waals surface area contributed by atoms with E-state index >= 15 is 0 Å². The van der Waals surface area contributed by atoms with E-state index in [1.165, 1.54) is 11.1 Å². The first kappa shape index (κ1) is 23.1. The molecule has 2 aromatic carbocycles. The van der Waals surface area contributed by atoms with Gasteiger partial charge in [0.05, 0.1) is 26.4 Å². The largest absolute Gasteiger partial charge is 0.488 e. The number of hydrogen-bond acceptors (Lipinski definition) is 4. The second kappa shape index (κ2) is 12.3. The van der Waals surface area contributed by atoms with Crippen molar-refractivity contribution < 1.29 is 14.2 Å². The Kier molecular flexibility index (Phi) is 9.18. The van der Waals surface area contributed by atoms with E-state index in [2.05, 4.69) is 66.9 Å². The normalized spacial score (nSPS) is 16.4. The molecule has 6 heteroatoms. The van der Waals surface area contributed by atoms with E-state index in [4.69, 9.17) is 19.2 Å². The second-order valence-electron chi connectivity index (χ2n) is 7.72. The molecule has 2 aromatic rings. The van der Waals surface area contributed by atoms with Gasteiger partial charge in [0.15, 0.2) is 5.96 Å². The summed E-state index contributed by atoms with van der Waals surface area (Å²) < 4.78 is 17.1. The molecule has 1 saturated heterocycles. The molecule has 0 bridgehead atoms. The Hall–Kier alpha value is -2.57. The number of ether oxygens (including phenoxy) is 3. The van der Waals surface area contributed by atoms with Gasteiger partial charge in [-0.1, -0.05) is 36.4 Å². The highest BCUT2D eigenvalue weighted by atomic mass is 16.5. The first-order valence-corrected chi connectivity index (χ1v) is 11.2. The number of aliphatic imine (C=N–C) groups is 1. The average Bonchev–Trinajstić information content (AvgIpc) is 3.29. The molecular formula is C25H35N3O3. The molecule has 1 aliphatic rings. The molecule has 1 aliphatic heterocycles. The maximum atomic E-state index is 6.21. The third-order valence-electron chi connectivity index (χ3n) is 5.11. The number of nitrogens with one attached hydrogen (secondary N) is 2. The highest BCUT2D eigenvalue weighted by molar-refractivity contribution is 5.79. The Morgan fingerprint density at radius 1 is 1.10 bits per heavy atom. The topological polar surface area (TPSA) is 64.1 Å². The first-order chi connectivity index (χ1) is 15.2. The van der Waals surface area contributed by atoms with Crippen LogP contribution in [0.3, 0.4) is 0 Å². The van der Waals surface area contributed by atoms with Crippen molar-refractivity contribution >= 4 is 5.96 Å². The smallest absolute Gasteiger partial charge is 0.191 e. The molecule has 1 heterocycles. The van der Waals surface area contributed by atoms with Crippen molar-refractivity contribution in [2.75, 3.05) is 26.4 Å². The average molecular weight is 426 g/mol. The number of nitrogens with zero attached hydrogens (tertiary/aromatic N) is 1. The van der Waals surface area contributed by atoms with Crippen LogP contribution < -0.4 is 15.4 Å². The summed E-state index contributed by atoms with van der Waals surface area (Å²) in [6.07, 6.45) is 1.07. The van der Waals surface area contributed by atoms with Gasteiger partial charge in [-0.15, -0.1) is 0 Å². The van der Waals surface area contributed by atoms with Crippen molar-refractivity contribution in [2.24, 2.45) is 4.99 Å². The summed E-state index contributed by atoms with van der Waals surface area (Å²) in [6, 6.07) is 14.8.